The summed E-state index contributed by atoms with van der Waals surface area (Å²) in [7, 11) is 1.85. The van der Waals surface area contributed by atoms with E-state index in [9.17, 15) is 9.59 Å². The van der Waals surface area contributed by atoms with Crippen molar-refractivity contribution in [3.63, 3.8) is 0 Å². The van der Waals surface area contributed by atoms with Gasteiger partial charge in [0, 0.05) is 11.9 Å². The summed E-state index contributed by atoms with van der Waals surface area (Å²) < 4.78 is 7.17. The Morgan fingerprint density at radius 2 is 2.17 bits per heavy atom. The van der Waals surface area contributed by atoms with Gasteiger partial charge in [0.1, 0.15) is 10.8 Å². The molecule has 3 N–H and O–H groups in total. The number of carbonyl (C=O) groups excluding carboxylic acids is 2. The second-order valence-corrected chi connectivity index (χ2v) is 9.34. The Bertz CT molecular complexity index is 1100. The van der Waals surface area contributed by atoms with E-state index in [1.54, 1.807) is 13.2 Å². The first-order chi connectivity index (χ1) is 13.9. The molecule has 29 heavy (non-hydrogen) atoms. The number of anilines is 1. The molecule has 2 amide bonds. The van der Waals surface area contributed by atoms with Crippen molar-refractivity contribution in [2.45, 2.75) is 43.5 Å². The lowest BCUT2D eigenvalue weighted by atomic mass is 10.1. The number of aromatic nitrogens is 3. The summed E-state index contributed by atoms with van der Waals surface area (Å²) in [6.45, 7) is 3.66. The predicted octanol–water partition coefficient (Wildman–Crippen LogP) is 3.15. The summed E-state index contributed by atoms with van der Waals surface area (Å²) in [5.41, 5.74) is 7.89. The molecule has 1 atom stereocenters. The fourth-order valence-electron chi connectivity index (χ4n) is 3.45. The molecule has 0 saturated heterocycles. The van der Waals surface area contributed by atoms with E-state index in [0.717, 1.165) is 41.0 Å². The van der Waals surface area contributed by atoms with Gasteiger partial charge < -0.3 is 20.0 Å². The Hall–Kier alpha value is -2.59. The molecule has 0 aliphatic heterocycles. The monoisotopic (exact) mass is 431 g/mol. The summed E-state index contributed by atoms with van der Waals surface area (Å²) in [6.07, 6.45) is 4.39. The molecule has 1 aliphatic rings. The normalized spacial score (nSPS) is 14.0. The topological polar surface area (TPSA) is 116 Å². The fourth-order valence-corrected chi connectivity index (χ4v) is 5.56. The van der Waals surface area contributed by atoms with Gasteiger partial charge in [-0.3, -0.25) is 9.59 Å². The van der Waals surface area contributed by atoms with Gasteiger partial charge in [0.15, 0.2) is 11.0 Å². The molecule has 3 aromatic heterocycles. The SMILES string of the molecule is Cc1occc1-c1nnc(S[C@@H](C)C(=O)Nc2sc3c(c2C(N)=O)CCC3)n1C. The third-order valence-electron chi connectivity index (χ3n) is 4.99. The number of nitrogens with one attached hydrogen (secondary N) is 1. The van der Waals surface area contributed by atoms with Crippen molar-refractivity contribution in [1.82, 2.24) is 14.8 Å². The Morgan fingerprint density at radius 1 is 1.38 bits per heavy atom. The van der Waals surface area contributed by atoms with Crippen LogP contribution in [-0.4, -0.2) is 31.8 Å². The maximum absolute atomic E-state index is 12.8. The van der Waals surface area contributed by atoms with Crippen molar-refractivity contribution in [3.05, 3.63) is 34.1 Å². The molecule has 1 aliphatic carbocycles. The van der Waals surface area contributed by atoms with Crippen molar-refractivity contribution in [1.29, 1.82) is 0 Å². The Kier molecular flexibility index (Phi) is 5.22. The van der Waals surface area contributed by atoms with Crippen LogP contribution in [0, 0.1) is 6.92 Å². The van der Waals surface area contributed by atoms with Gasteiger partial charge in [-0.1, -0.05) is 11.8 Å². The number of rotatable bonds is 6. The first kappa shape index (κ1) is 19.7. The lowest BCUT2D eigenvalue weighted by Crippen LogP contribution is -2.24. The molecular weight excluding hydrogens is 410 g/mol. The van der Waals surface area contributed by atoms with E-state index in [1.807, 2.05) is 24.6 Å². The Balaban J connectivity index is 1.50. The number of thiophene rings is 1. The molecule has 0 spiro atoms. The summed E-state index contributed by atoms with van der Waals surface area (Å²) in [6, 6.07) is 1.84. The molecule has 0 bridgehead atoms. The number of fused-ring (bicyclic) bond motifs is 1. The van der Waals surface area contributed by atoms with Crippen LogP contribution in [0.3, 0.4) is 0 Å². The van der Waals surface area contributed by atoms with Gasteiger partial charge in [0.2, 0.25) is 5.91 Å². The van der Waals surface area contributed by atoms with Gasteiger partial charge >= 0.3 is 0 Å². The number of primary amides is 1. The van der Waals surface area contributed by atoms with Crippen LogP contribution < -0.4 is 11.1 Å². The predicted molar refractivity (Wildman–Crippen MR) is 112 cm³/mol. The number of furan rings is 1. The van der Waals surface area contributed by atoms with Crippen LogP contribution in [0.1, 0.15) is 39.9 Å². The molecule has 10 heteroatoms. The molecule has 0 unspecified atom stereocenters. The third kappa shape index (κ3) is 3.58. The molecule has 4 rings (SSSR count). The highest BCUT2D eigenvalue weighted by Gasteiger charge is 2.28. The van der Waals surface area contributed by atoms with Crippen LogP contribution in [0.25, 0.3) is 11.4 Å². The van der Waals surface area contributed by atoms with Crippen molar-refractivity contribution in [2.75, 3.05) is 5.32 Å². The molecule has 0 radical (unpaired) electrons. The maximum Gasteiger partial charge on any atom is 0.251 e. The lowest BCUT2D eigenvalue weighted by molar-refractivity contribution is -0.115. The minimum absolute atomic E-state index is 0.207. The summed E-state index contributed by atoms with van der Waals surface area (Å²) in [5, 5.41) is 12.1. The van der Waals surface area contributed by atoms with Crippen molar-refractivity contribution < 1.29 is 14.0 Å². The van der Waals surface area contributed by atoms with Gasteiger partial charge in [-0.15, -0.1) is 21.5 Å². The molecule has 0 aromatic carbocycles. The highest BCUT2D eigenvalue weighted by molar-refractivity contribution is 8.00. The average molecular weight is 432 g/mol. The zero-order valence-electron chi connectivity index (χ0n) is 16.3. The number of thioether (sulfide) groups is 1. The summed E-state index contributed by atoms with van der Waals surface area (Å²) in [5.74, 6) is 0.736. The van der Waals surface area contributed by atoms with Gasteiger partial charge in [-0.05, 0) is 44.7 Å². The van der Waals surface area contributed by atoms with E-state index in [1.165, 1.54) is 23.1 Å². The van der Waals surface area contributed by atoms with E-state index in [4.69, 9.17) is 10.2 Å². The minimum Gasteiger partial charge on any atom is -0.469 e. The number of amides is 2. The number of carbonyl (C=O) groups is 2. The molecular formula is C19H21N5O3S2. The van der Waals surface area contributed by atoms with Crippen LogP contribution in [0.5, 0.6) is 0 Å². The first-order valence-electron chi connectivity index (χ1n) is 9.22. The highest BCUT2D eigenvalue weighted by Crippen LogP contribution is 2.39. The molecule has 3 heterocycles. The fraction of sp³-hybridized carbons (Fsp3) is 0.368. The third-order valence-corrected chi connectivity index (χ3v) is 7.33. The van der Waals surface area contributed by atoms with Gasteiger partial charge in [0.05, 0.1) is 22.6 Å². The quantitative estimate of drug-likeness (QED) is 0.579. The van der Waals surface area contributed by atoms with Crippen LogP contribution in [0.2, 0.25) is 0 Å². The second kappa shape index (κ2) is 7.68. The zero-order chi connectivity index (χ0) is 20.7. The van der Waals surface area contributed by atoms with Gasteiger partial charge in [-0.2, -0.15) is 0 Å². The van der Waals surface area contributed by atoms with Crippen LogP contribution in [0.4, 0.5) is 5.00 Å². The molecule has 3 aromatic rings. The van der Waals surface area contributed by atoms with Gasteiger partial charge in [-0.25, -0.2) is 0 Å². The Morgan fingerprint density at radius 3 is 2.86 bits per heavy atom. The number of hydrogen-bond acceptors (Lipinski definition) is 7. The zero-order valence-corrected chi connectivity index (χ0v) is 17.9. The lowest BCUT2D eigenvalue weighted by Gasteiger charge is -2.12. The van der Waals surface area contributed by atoms with Crippen molar-refractivity contribution in [2.24, 2.45) is 12.8 Å². The van der Waals surface area contributed by atoms with Crippen molar-refractivity contribution >= 4 is 39.9 Å². The van der Waals surface area contributed by atoms with E-state index >= 15 is 0 Å². The van der Waals surface area contributed by atoms with E-state index in [0.29, 0.717) is 21.5 Å². The molecule has 0 saturated carbocycles. The average Bonchev–Trinajstić information content (AvgIpc) is 3.41. The number of hydrogen-bond donors (Lipinski definition) is 2. The minimum atomic E-state index is -0.492. The van der Waals surface area contributed by atoms with E-state index < -0.39 is 11.2 Å². The molecule has 0 fully saturated rings. The molecule has 8 nitrogen and oxygen atoms in total. The smallest absolute Gasteiger partial charge is 0.251 e. The summed E-state index contributed by atoms with van der Waals surface area (Å²) in [4.78, 5) is 25.8. The van der Waals surface area contributed by atoms with Crippen molar-refractivity contribution in [3.8, 4) is 11.4 Å². The van der Waals surface area contributed by atoms with Crippen LogP contribution in [-0.2, 0) is 24.7 Å². The standard InChI is InChI=1S/C19H21N5O3S2/c1-9-11(7-8-27-9)16-22-23-19(24(16)3)28-10(2)17(26)21-18-14(15(20)25)12-5-4-6-13(12)29-18/h7-8,10H,4-6H2,1-3H3,(H2,20,25)(H,21,26)/t10-/m0/s1. The Labute approximate surface area is 175 Å². The largest absolute Gasteiger partial charge is 0.469 e. The number of nitrogens with zero attached hydrogens (tertiary/aromatic N) is 3. The van der Waals surface area contributed by atoms with E-state index in [-0.39, 0.29) is 5.91 Å². The second-order valence-electron chi connectivity index (χ2n) is 6.93. The van der Waals surface area contributed by atoms with Gasteiger partial charge in [0.25, 0.3) is 5.91 Å². The summed E-state index contributed by atoms with van der Waals surface area (Å²) >= 11 is 2.75. The molecule has 152 valence electrons. The maximum atomic E-state index is 12.8. The number of nitrogens with two attached hydrogens (primary N) is 1. The van der Waals surface area contributed by atoms with Crippen LogP contribution >= 0.6 is 23.1 Å². The van der Waals surface area contributed by atoms with E-state index in [2.05, 4.69) is 15.5 Å². The first-order valence-corrected chi connectivity index (χ1v) is 10.9. The van der Waals surface area contributed by atoms with Crippen LogP contribution in [0.15, 0.2) is 21.9 Å². The highest BCUT2D eigenvalue weighted by atomic mass is 32.2. The number of aryl methyl sites for hydroxylation is 2.